The predicted octanol–water partition coefficient (Wildman–Crippen LogP) is 1.87. The molecule has 1 rings (SSSR count). The van der Waals surface area contributed by atoms with Crippen LogP contribution in [-0.4, -0.2) is 17.0 Å². The van der Waals surface area contributed by atoms with Crippen molar-refractivity contribution in [3.63, 3.8) is 0 Å². The van der Waals surface area contributed by atoms with Gasteiger partial charge in [0, 0.05) is 23.0 Å². The van der Waals surface area contributed by atoms with Crippen LogP contribution in [0.25, 0.3) is 0 Å². The highest BCUT2D eigenvalue weighted by Crippen LogP contribution is 2.09. The van der Waals surface area contributed by atoms with E-state index < -0.39 is 0 Å². The van der Waals surface area contributed by atoms with Crippen LogP contribution in [0.5, 0.6) is 0 Å². The molecule has 0 N–H and O–H groups in total. The van der Waals surface area contributed by atoms with Gasteiger partial charge in [0.05, 0.1) is 22.9 Å². The molecule has 10 heavy (non-hydrogen) atoms. The molecule has 0 aliphatic heterocycles. The second-order valence-electron chi connectivity index (χ2n) is 1.68. The summed E-state index contributed by atoms with van der Waals surface area (Å²) in [6.45, 7) is 0. The maximum absolute atomic E-state index is 4.08. The molecule has 0 saturated carbocycles. The summed E-state index contributed by atoms with van der Waals surface area (Å²) in [6.07, 6.45) is 3.58. The Labute approximate surface area is 86.9 Å². The number of hydrogen-bond donors (Lipinski definition) is 0. The molecule has 0 aliphatic carbocycles. The van der Waals surface area contributed by atoms with E-state index in [0.29, 0.717) is 0 Å². The third-order valence-corrected chi connectivity index (χ3v) is 1.87. The summed E-state index contributed by atoms with van der Waals surface area (Å²) >= 11 is 4.30. The Bertz CT molecular complexity index is 209. The van der Waals surface area contributed by atoms with Gasteiger partial charge in [-0.2, -0.15) is 0 Å². The van der Waals surface area contributed by atoms with E-state index in [2.05, 4.69) is 55.4 Å². The summed E-state index contributed by atoms with van der Waals surface area (Å²) in [5, 5.41) is 0. The van der Waals surface area contributed by atoms with Crippen LogP contribution in [0.15, 0.2) is 12.4 Å². The Morgan fingerprint density at radius 1 is 1.40 bits per heavy atom. The molecule has 0 bridgehead atoms. The smallest absolute Gasteiger partial charge is 0.233 e. The zero-order chi connectivity index (χ0) is 7.56. The van der Waals surface area contributed by atoms with E-state index in [1.807, 2.05) is 10.2 Å². The van der Waals surface area contributed by atoms with Crippen LogP contribution in [0.1, 0.15) is 0 Å². The third-order valence-electron chi connectivity index (χ3n) is 0.882. The van der Waals surface area contributed by atoms with Crippen LogP contribution >= 0.6 is 45.5 Å². The largest absolute Gasteiger partial charge is 0.286 e. The molecule has 0 radical (unpaired) electrons. The van der Waals surface area contributed by atoms with E-state index >= 15 is 0 Å². The van der Waals surface area contributed by atoms with Crippen LogP contribution in [0, 0.1) is 3.57 Å². The van der Waals surface area contributed by atoms with Gasteiger partial charge >= 0.3 is 0 Å². The van der Waals surface area contributed by atoms with E-state index in [0.717, 1.165) is 9.52 Å². The first-order chi connectivity index (χ1) is 4.70. The minimum Gasteiger partial charge on any atom is -0.286 e. The predicted molar refractivity (Wildman–Crippen MR) is 57.2 cm³/mol. The molecule has 1 aromatic heterocycles. The number of rotatable bonds is 1. The SMILES string of the molecule is CN(I)c1ncc(I)cn1. The van der Waals surface area contributed by atoms with Crippen molar-refractivity contribution in [2.24, 2.45) is 0 Å². The third kappa shape index (κ3) is 2.19. The maximum atomic E-state index is 4.08. The van der Waals surface area contributed by atoms with E-state index in [4.69, 9.17) is 0 Å². The van der Waals surface area contributed by atoms with Crippen LogP contribution in [0.3, 0.4) is 0 Å². The monoisotopic (exact) mass is 361 g/mol. The van der Waals surface area contributed by atoms with Gasteiger partial charge in [0.1, 0.15) is 0 Å². The molecule has 1 heterocycles. The Morgan fingerprint density at radius 3 is 2.30 bits per heavy atom. The molecule has 0 fully saturated rings. The van der Waals surface area contributed by atoms with Gasteiger partial charge in [0.15, 0.2) is 0 Å². The lowest BCUT2D eigenvalue weighted by molar-refractivity contribution is 1.10. The summed E-state index contributed by atoms with van der Waals surface area (Å²) in [6, 6.07) is 0. The Kier molecular flexibility index (Phi) is 3.08. The minimum atomic E-state index is 0.737. The summed E-state index contributed by atoms with van der Waals surface area (Å²) in [4.78, 5) is 8.16. The Balaban J connectivity index is 2.89. The second kappa shape index (κ2) is 3.65. The van der Waals surface area contributed by atoms with Gasteiger partial charge in [0.2, 0.25) is 5.95 Å². The van der Waals surface area contributed by atoms with Crippen molar-refractivity contribution in [3.05, 3.63) is 16.0 Å². The molecule has 0 aromatic carbocycles. The molecule has 0 unspecified atom stereocenters. The second-order valence-corrected chi connectivity index (χ2v) is 4.37. The molecule has 54 valence electrons. The lowest BCUT2D eigenvalue weighted by Crippen LogP contribution is -2.04. The zero-order valence-corrected chi connectivity index (χ0v) is 9.57. The Morgan fingerprint density at radius 2 is 1.90 bits per heavy atom. The van der Waals surface area contributed by atoms with Gasteiger partial charge in [-0.15, -0.1) is 0 Å². The zero-order valence-electron chi connectivity index (χ0n) is 5.25. The lowest BCUT2D eigenvalue weighted by atomic mass is 10.7. The van der Waals surface area contributed by atoms with Crippen LogP contribution in [0.2, 0.25) is 0 Å². The van der Waals surface area contributed by atoms with Gasteiger partial charge in [-0.25, -0.2) is 9.97 Å². The van der Waals surface area contributed by atoms with E-state index in [-0.39, 0.29) is 0 Å². The molecule has 3 nitrogen and oxygen atoms in total. The van der Waals surface area contributed by atoms with Gasteiger partial charge in [-0.1, -0.05) is 0 Å². The fraction of sp³-hybridized carbons (Fsp3) is 0.200. The van der Waals surface area contributed by atoms with E-state index in [9.17, 15) is 0 Å². The molecular weight excluding hydrogens is 356 g/mol. The topological polar surface area (TPSA) is 29.0 Å². The summed E-state index contributed by atoms with van der Waals surface area (Å²) in [7, 11) is 1.91. The van der Waals surface area contributed by atoms with Gasteiger partial charge in [0.25, 0.3) is 0 Å². The quantitative estimate of drug-likeness (QED) is 0.565. The average molecular weight is 361 g/mol. The fourth-order valence-electron chi connectivity index (χ4n) is 0.465. The van der Waals surface area contributed by atoms with Gasteiger partial charge < -0.3 is 0 Å². The number of anilines is 1. The molecule has 0 atom stereocenters. The minimum absolute atomic E-state index is 0.737. The number of hydrogen-bond acceptors (Lipinski definition) is 3. The van der Waals surface area contributed by atoms with Crippen LogP contribution < -0.4 is 3.11 Å². The van der Waals surface area contributed by atoms with Crippen LogP contribution in [-0.2, 0) is 0 Å². The van der Waals surface area contributed by atoms with E-state index in [1.165, 1.54) is 0 Å². The summed E-state index contributed by atoms with van der Waals surface area (Å²) in [5.74, 6) is 0.737. The van der Waals surface area contributed by atoms with E-state index in [1.54, 1.807) is 12.4 Å². The average Bonchev–Trinajstić information content (AvgIpc) is 1.88. The lowest BCUT2D eigenvalue weighted by Gasteiger charge is -2.04. The molecular formula is C5H5I2N3. The maximum Gasteiger partial charge on any atom is 0.233 e. The first-order valence-electron chi connectivity index (χ1n) is 2.57. The molecule has 1 aromatic rings. The standard InChI is InChI=1S/C5H5I2N3/c1-10(7)5-8-2-4(6)3-9-5/h2-3H,1H3. The summed E-state index contributed by atoms with van der Waals surface area (Å²) in [5.41, 5.74) is 0. The highest BCUT2D eigenvalue weighted by atomic mass is 127. The van der Waals surface area contributed by atoms with Crippen molar-refractivity contribution < 1.29 is 0 Å². The van der Waals surface area contributed by atoms with Gasteiger partial charge in [-0.3, -0.25) is 3.11 Å². The first kappa shape index (κ1) is 8.44. The van der Waals surface area contributed by atoms with Crippen molar-refractivity contribution in [1.29, 1.82) is 0 Å². The molecule has 0 saturated heterocycles. The molecule has 0 amide bonds. The first-order valence-corrected chi connectivity index (χ1v) is 4.61. The van der Waals surface area contributed by atoms with Crippen molar-refractivity contribution in [3.8, 4) is 0 Å². The fourth-order valence-corrected chi connectivity index (χ4v) is 0.992. The van der Waals surface area contributed by atoms with Crippen molar-refractivity contribution in [2.45, 2.75) is 0 Å². The van der Waals surface area contributed by atoms with Crippen molar-refractivity contribution >= 4 is 51.4 Å². The summed E-state index contributed by atoms with van der Waals surface area (Å²) < 4.78 is 2.90. The Hall–Kier alpha value is 0.340. The highest BCUT2D eigenvalue weighted by Gasteiger charge is 1.97. The molecule has 0 spiro atoms. The van der Waals surface area contributed by atoms with Crippen molar-refractivity contribution in [2.75, 3.05) is 10.2 Å². The highest BCUT2D eigenvalue weighted by molar-refractivity contribution is 14.1. The number of nitrogens with zero attached hydrogens (tertiary/aromatic N) is 3. The molecule has 0 aliphatic rings. The number of aromatic nitrogens is 2. The normalized spacial score (nSPS) is 9.50. The van der Waals surface area contributed by atoms with Crippen molar-refractivity contribution in [1.82, 2.24) is 9.97 Å². The molecule has 5 heteroatoms. The van der Waals surface area contributed by atoms with Crippen LogP contribution in [0.4, 0.5) is 5.95 Å². The van der Waals surface area contributed by atoms with Gasteiger partial charge in [-0.05, 0) is 22.6 Å². The number of halogens is 2.